The average Bonchev–Trinajstić information content (AvgIpc) is 2.62. The highest BCUT2D eigenvalue weighted by atomic mass is 16.5. The standard InChI is InChI=1S/C20H20N2O3/c1-3-25-20(24)16-17(14-11-9-13(2)10-12-14)21-18(22-19(16)23)15-7-5-4-6-8-15/h4-12,16-17H,3H2,1-2H3,(H,21,22,23)/t16-,17-/m1/s1. The molecule has 2 aromatic carbocycles. The normalized spacial score (nSPS) is 19.8. The molecule has 0 aliphatic carbocycles. The lowest BCUT2D eigenvalue weighted by atomic mass is 9.90. The van der Waals surface area contributed by atoms with Crippen molar-refractivity contribution in [2.24, 2.45) is 10.9 Å². The van der Waals surface area contributed by atoms with Crippen LogP contribution in [0.1, 0.15) is 29.7 Å². The number of aliphatic imine (C=N–C) groups is 1. The summed E-state index contributed by atoms with van der Waals surface area (Å²) in [6.45, 7) is 3.93. The minimum absolute atomic E-state index is 0.221. The minimum atomic E-state index is -0.991. The lowest BCUT2D eigenvalue weighted by Gasteiger charge is -2.28. The molecular weight excluding hydrogens is 316 g/mol. The maximum absolute atomic E-state index is 12.7. The van der Waals surface area contributed by atoms with Crippen molar-refractivity contribution in [1.29, 1.82) is 0 Å². The smallest absolute Gasteiger partial charge is 0.321 e. The van der Waals surface area contributed by atoms with Gasteiger partial charge in [-0.1, -0.05) is 60.2 Å². The third-order valence-corrected chi connectivity index (χ3v) is 4.11. The molecule has 0 radical (unpaired) electrons. The van der Waals surface area contributed by atoms with E-state index in [1.807, 2.05) is 61.5 Å². The van der Waals surface area contributed by atoms with Gasteiger partial charge >= 0.3 is 5.97 Å². The van der Waals surface area contributed by atoms with Crippen LogP contribution in [0.25, 0.3) is 0 Å². The van der Waals surface area contributed by atoms with Gasteiger partial charge in [-0.15, -0.1) is 0 Å². The first kappa shape index (κ1) is 16.9. The zero-order valence-corrected chi connectivity index (χ0v) is 14.2. The van der Waals surface area contributed by atoms with Gasteiger partial charge in [-0.25, -0.2) is 0 Å². The van der Waals surface area contributed by atoms with Gasteiger partial charge in [-0.3, -0.25) is 14.6 Å². The molecule has 0 saturated carbocycles. The van der Waals surface area contributed by atoms with Gasteiger partial charge in [-0.05, 0) is 19.4 Å². The van der Waals surface area contributed by atoms with E-state index >= 15 is 0 Å². The number of nitrogens with zero attached hydrogens (tertiary/aromatic N) is 1. The highest BCUT2D eigenvalue weighted by Gasteiger charge is 2.41. The highest BCUT2D eigenvalue weighted by Crippen LogP contribution is 2.31. The van der Waals surface area contributed by atoms with Crippen LogP contribution < -0.4 is 5.32 Å². The van der Waals surface area contributed by atoms with Crippen molar-refractivity contribution in [3.8, 4) is 0 Å². The van der Waals surface area contributed by atoms with Crippen LogP contribution in [0.4, 0.5) is 0 Å². The molecule has 5 heteroatoms. The van der Waals surface area contributed by atoms with Gasteiger partial charge in [0.2, 0.25) is 5.91 Å². The topological polar surface area (TPSA) is 67.8 Å². The molecule has 2 aromatic rings. The van der Waals surface area contributed by atoms with E-state index in [-0.39, 0.29) is 6.61 Å². The number of esters is 1. The predicted molar refractivity (Wildman–Crippen MR) is 95.2 cm³/mol. The van der Waals surface area contributed by atoms with Crippen LogP contribution in [-0.2, 0) is 14.3 Å². The fraction of sp³-hybridized carbons (Fsp3) is 0.250. The van der Waals surface area contributed by atoms with E-state index < -0.39 is 23.8 Å². The van der Waals surface area contributed by atoms with Crippen molar-refractivity contribution in [2.75, 3.05) is 6.61 Å². The molecule has 0 aromatic heterocycles. The number of ether oxygens (including phenoxy) is 1. The van der Waals surface area contributed by atoms with Gasteiger partial charge in [0.15, 0.2) is 5.92 Å². The summed E-state index contributed by atoms with van der Waals surface area (Å²) >= 11 is 0. The molecule has 25 heavy (non-hydrogen) atoms. The monoisotopic (exact) mass is 336 g/mol. The molecular formula is C20H20N2O3. The van der Waals surface area contributed by atoms with Crippen LogP contribution in [0.5, 0.6) is 0 Å². The molecule has 5 nitrogen and oxygen atoms in total. The van der Waals surface area contributed by atoms with E-state index in [2.05, 4.69) is 10.3 Å². The molecule has 128 valence electrons. The number of benzene rings is 2. The summed E-state index contributed by atoms with van der Waals surface area (Å²) in [6.07, 6.45) is 0. The number of carbonyl (C=O) groups is 2. The number of hydrogen-bond acceptors (Lipinski definition) is 4. The van der Waals surface area contributed by atoms with Gasteiger partial charge in [0.05, 0.1) is 12.6 Å². The first-order valence-electron chi connectivity index (χ1n) is 8.27. The Bertz CT molecular complexity index is 797. The Labute approximate surface area is 146 Å². The Balaban J connectivity index is 2.05. The van der Waals surface area contributed by atoms with Crippen LogP contribution in [0.3, 0.4) is 0 Å². The summed E-state index contributed by atoms with van der Waals surface area (Å²) < 4.78 is 5.10. The maximum atomic E-state index is 12.7. The van der Waals surface area contributed by atoms with Crippen LogP contribution in [0.15, 0.2) is 59.6 Å². The number of amides is 1. The van der Waals surface area contributed by atoms with Gasteiger partial charge in [0.1, 0.15) is 5.84 Å². The van der Waals surface area contributed by atoms with Crippen molar-refractivity contribution in [2.45, 2.75) is 19.9 Å². The van der Waals surface area contributed by atoms with Gasteiger partial charge < -0.3 is 10.1 Å². The van der Waals surface area contributed by atoms with E-state index in [1.165, 1.54) is 0 Å². The van der Waals surface area contributed by atoms with Gasteiger partial charge in [-0.2, -0.15) is 0 Å². The maximum Gasteiger partial charge on any atom is 0.321 e. The van der Waals surface area contributed by atoms with Crippen LogP contribution in [0.2, 0.25) is 0 Å². The minimum Gasteiger partial charge on any atom is -0.465 e. The fourth-order valence-electron chi connectivity index (χ4n) is 2.83. The molecule has 0 fully saturated rings. The van der Waals surface area contributed by atoms with Crippen molar-refractivity contribution < 1.29 is 14.3 Å². The molecule has 3 rings (SSSR count). The van der Waals surface area contributed by atoms with E-state index in [1.54, 1.807) is 6.92 Å². The molecule has 0 spiro atoms. The molecule has 1 N–H and O–H groups in total. The first-order valence-corrected chi connectivity index (χ1v) is 8.27. The lowest BCUT2D eigenvalue weighted by molar-refractivity contribution is -0.153. The number of rotatable bonds is 4. The second-order valence-electron chi connectivity index (χ2n) is 5.92. The third-order valence-electron chi connectivity index (χ3n) is 4.11. The summed E-state index contributed by atoms with van der Waals surface area (Å²) in [6, 6.07) is 16.5. The number of nitrogens with one attached hydrogen (secondary N) is 1. The van der Waals surface area contributed by atoms with Crippen LogP contribution >= 0.6 is 0 Å². The zero-order chi connectivity index (χ0) is 17.8. The molecule has 0 saturated heterocycles. The summed E-state index contributed by atoms with van der Waals surface area (Å²) in [5.41, 5.74) is 2.71. The summed E-state index contributed by atoms with van der Waals surface area (Å²) in [4.78, 5) is 29.7. The SMILES string of the molecule is CCOC(=O)[C@H]1C(=O)NC(c2ccccc2)=N[C@@H]1c1ccc(C)cc1. The van der Waals surface area contributed by atoms with E-state index in [0.29, 0.717) is 5.84 Å². The molecule has 0 bridgehead atoms. The Kier molecular flexibility index (Phi) is 4.93. The average molecular weight is 336 g/mol. The van der Waals surface area contributed by atoms with Crippen molar-refractivity contribution in [3.63, 3.8) is 0 Å². The van der Waals surface area contributed by atoms with E-state index in [4.69, 9.17) is 4.74 Å². The largest absolute Gasteiger partial charge is 0.465 e. The second-order valence-corrected chi connectivity index (χ2v) is 5.92. The van der Waals surface area contributed by atoms with Gasteiger partial charge in [0.25, 0.3) is 0 Å². The quantitative estimate of drug-likeness (QED) is 0.689. The van der Waals surface area contributed by atoms with Crippen LogP contribution in [0, 0.1) is 12.8 Å². The molecule has 1 aliphatic rings. The van der Waals surface area contributed by atoms with Crippen LogP contribution in [-0.4, -0.2) is 24.3 Å². The predicted octanol–water partition coefficient (Wildman–Crippen LogP) is 2.79. The molecule has 0 unspecified atom stereocenters. The fourth-order valence-corrected chi connectivity index (χ4v) is 2.83. The number of aryl methyl sites for hydroxylation is 1. The van der Waals surface area contributed by atoms with Gasteiger partial charge in [0, 0.05) is 5.56 Å². The molecule has 1 aliphatic heterocycles. The molecule has 1 heterocycles. The molecule has 1 amide bonds. The number of hydrogen-bond donors (Lipinski definition) is 1. The Morgan fingerprint density at radius 2 is 1.80 bits per heavy atom. The highest BCUT2D eigenvalue weighted by molar-refractivity contribution is 6.14. The van der Waals surface area contributed by atoms with Crippen molar-refractivity contribution in [3.05, 3.63) is 71.3 Å². The summed E-state index contributed by atoms with van der Waals surface area (Å²) in [5, 5.41) is 2.74. The number of carbonyl (C=O) groups excluding carboxylic acids is 2. The Hall–Kier alpha value is -2.95. The Morgan fingerprint density at radius 3 is 2.44 bits per heavy atom. The summed E-state index contributed by atoms with van der Waals surface area (Å²) in [5.74, 6) is -1.47. The Morgan fingerprint density at radius 1 is 1.12 bits per heavy atom. The van der Waals surface area contributed by atoms with E-state index in [0.717, 1.165) is 16.7 Å². The van der Waals surface area contributed by atoms with Crippen molar-refractivity contribution >= 4 is 17.7 Å². The number of amidine groups is 1. The van der Waals surface area contributed by atoms with E-state index in [9.17, 15) is 9.59 Å². The zero-order valence-electron chi connectivity index (χ0n) is 14.2. The van der Waals surface area contributed by atoms with Crippen molar-refractivity contribution in [1.82, 2.24) is 5.32 Å². The lowest BCUT2D eigenvalue weighted by Crippen LogP contribution is -2.47. The first-order chi connectivity index (χ1) is 12.1. The summed E-state index contributed by atoms with van der Waals surface area (Å²) in [7, 11) is 0. The second kappa shape index (κ2) is 7.30. The molecule has 2 atom stereocenters. The third kappa shape index (κ3) is 3.60.